The summed E-state index contributed by atoms with van der Waals surface area (Å²) in [7, 11) is -3.08. The van der Waals surface area contributed by atoms with Crippen LogP contribution in [0.15, 0.2) is 162 Å². The molecule has 218 valence electrons. The average Bonchev–Trinajstić information content (AvgIpc) is 3.69. The highest BCUT2D eigenvalue weighted by atomic mass is 32.1. The van der Waals surface area contributed by atoms with Crippen molar-refractivity contribution in [3.63, 3.8) is 0 Å². The largest absolute Gasteiger partial charge is 0.454 e. The molecule has 0 atom stereocenters. The van der Waals surface area contributed by atoms with Crippen LogP contribution in [0.2, 0.25) is 0 Å². The Morgan fingerprint density at radius 2 is 1.04 bits per heavy atom. The molecule has 0 spiro atoms. The van der Waals surface area contributed by atoms with E-state index in [1.165, 1.54) is 20.2 Å². The first-order chi connectivity index (χ1) is 22.6. The Hall–Kier alpha value is -5.28. The molecule has 0 aliphatic carbocycles. The van der Waals surface area contributed by atoms with Crippen LogP contribution in [0.4, 0.5) is 0 Å². The summed E-state index contributed by atoms with van der Waals surface area (Å²) < 4.78 is 23.6. The molecule has 9 rings (SSSR count). The average molecular weight is 628 g/mol. The number of hydrogen-bond donors (Lipinski definition) is 0. The smallest absolute Gasteiger partial charge is 0.171 e. The van der Waals surface area contributed by atoms with Gasteiger partial charge < -0.3 is 8.98 Å². The fraction of sp³-hybridized carbons (Fsp3) is 0. The maximum absolute atomic E-state index is 15.0. The molecule has 3 nitrogen and oxygen atoms in total. The number of pyridine rings is 1. The van der Waals surface area contributed by atoms with Gasteiger partial charge in [-0.3, -0.25) is 4.98 Å². The number of benzene rings is 6. The molecule has 0 fully saturated rings. The third-order valence-electron chi connectivity index (χ3n) is 8.81. The topological polar surface area (TPSA) is 43.1 Å². The maximum Gasteiger partial charge on any atom is 0.171 e. The molecule has 0 radical (unpaired) electrons. The van der Waals surface area contributed by atoms with Crippen molar-refractivity contribution in [2.75, 3.05) is 0 Å². The zero-order valence-corrected chi connectivity index (χ0v) is 26.3. The Morgan fingerprint density at radius 3 is 1.70 bits per heavy atom. The molecule has 0 saturated heterocycles. The lowest BCUT2D eigenvalue weighted by atomic mass is 9.99. The summed E-state index contributed by atoms with van der Waals surface area (Å²) in [4.78, 5) is 4.57. The van der Waals surface area contributed by atoms with Gasteiger partial charge in [0.1, 0.15) is 11.1 Å². The maximum atomic E-state index is 15.0. The van der Waals surface area contributed by atoms with Gasteiger partial charge in [0.25, 0.3) is 0 Å². The number of fused-ring (bicyclic) bond motifs is 6. The number of rotatable bonds is 5. The summed E-state index contributed by atoms with van der Waals surface area (Å²) >= 11 is 1.81. The van der Waals surface area contributed by atoms with Crippen molar-refractivity contribution in [1.82, 2.24) is 4.98 Å². The molecule has 0 N–H and O–H groups in total. The van der Waals surface area contributed by atoms with E-state index in [0.29, 0.717) is 0 Å². The molecule has 5 heteroatoms. The number of thiophene rings is 1. The molecular formula is C41H26NO2PS. The lowest BCUT2D eigenvalue weighted by molar-refractivity contribution is 0.592. The highest BCUT2D eigenvalue weighted by molar-refractivity contribution is 7.85. The minimum Gasteiger partial charge on any atom is -0.454 e. The van der Waals surface area contributed by atoms with Crippen LogP contribution in [0.25, 0.3) is 64.5 Å². The quantitative estimate of drug-likeness (QED) is 0.178. The van der Waals surface area contributed by atoms with Gasteiger partial charge in [-0.1, -0.05) is 97.1 Å². The normalized spacial score (nSPS) is 12.0. The van der Waals surface area contributed by atoms with Crippen LogP contribution in [0.5, 0.6) is 0 Å². The highest BCUT2D eigenvalue weighted by Gasteiger charge is 2.29. The summed E-state index contributed by atoms with van der Waals surface area (Å²) in [6.45, 7) is 0. The number of aromatic nitrogens is 1. The molecule has 9 aromatic rings. The molecule has 0 aliphatic rings. The second-order valence-electron chi connectivity index (χ2n) is 11.5. The van der Waals surface area contributed by atoms with Gasteiger partial charge in [0.15, 0.2) is 12.7 Å². The summed E-state index contributed by atoms with van der Waals surface area (Å²) in [6.07, 6.45) is 1.81. The molecule has 3 heterocycles. The molecule has 0 bridgehead atoms. The monoisotopic (exact) mass is 627 g/mol. The van der Waals surface area contributed by atoms with Gasteiger partial charge in [-0.15, -0.1) is 11.3 Å². The first-order valence-electron chi connectivity index (χ1n) is 15.2. The minimum absolute atomic E-state index is 0.800. The first-order valence-corrected chi connectivity index (χ1v) is 17.7. The number of furan rings is 1. The first kappa shape index (κ1) is 27.1. The third-order valence-corrected chi connectivity index (χ3v) is 13.0. The van der Waals surface area contributed by atoms with Crippen molar-refractivity contribution in [2.24, 2.45) is 0 Å². The van der Waals surface area contributed by atoms with Crippen LogP contribution in [0.3, 0.4) is 0 Å². The van der Waals surface area contributed by atoms with E-state index in [1.807, 2.05) is 109 Å². The summed E-state index contributed by atoms with van der Waals surface area (Å²) in [5.41, 5.74) is 6.96. The molecular weight excluding hydrogens is 601 g/mol. The van der Waals surface area contributed by atoms with Gasteiger partial charge in [0, 0.05) is 47.7 Å². The van der Waals surface area contributed by atoms with E-state index in [4.69, 9.17) is 4.42 Å². The molecule has 0 saturated carbocycles. The standard InChI is InChI=1S/C41H26NO2PS/c43-45(31-10-3-1-4-11-31,32-12-5-2-6-13-32)33-14-7-9-27(23-33)29-17-20-39-34(24-29)35-25-30(18-21-40(35)46-39)28-16-19-37-36(26-28)41-38(44-37)15-8-22-42-41/h1-26H. The molecule has 0 unspecified atom stereocenters. The van der Waals surface area contributed by atoms with E-state index in [0.717, 1.165) is 60.2 Å². The van der Waals surface area contributed by atoms with E-state index in [2.05, 4.69) is 65.6 Å². The predicted octanol–water partition coefficient (Wildman–Crippen LogP) is 10.3. The van der Waals surface area contributed by atoms with Gasteiger partial charge in [-0.05, 0) is 76.9 Å². The Bertz CT molecular complexity index is 2580. The van der Waals surface area contributed by atoms with Crippen molar-refractivity contribution >= 4 is 76.6 Å². The zero-order valence-electron chi connectivity index (χ0n) is 24.6. The van der Waals surface area contributed by atoms with Crippen molar-refractivity contribution in [1.29, 1.82) is 0 Å². The van der Waals surface area contributed by atoms with Crippen LogP contribution in [-0.4, -0.2) is 4.98 Å². The Labute approximate surface area is 269 Å². The predicted molar refractivity (Wildman–Crippen MR) is 195 cm³/mol. The zero-order chi connectivity index (χ0) is 30.7. The molecule has 3 aromatic heterocycles. The van der Waals surface area contributed by atoms with E-state index in [-0.39, 0.29) is 0 Å². The fourth-order valence-corrected chi connectivity index (χ4v) is 10.3. The highest BCUT2D eigenvalue weighted by Crippen LogP contribution is 2.44. The molecule has 6 aromatic carbocycles. The van der Waals surface area contributed by atoms with Crippen LogP contribution in [0.1, 0.15) is 0 Å². The van der Waals surface area contributed by atoms with E-state index in [1.54, 1.807) is 0 Å². The van der Waals surface area contributed by atoms with Crippen LogP contribution in [0, 0.1) is 0 Å². The van der Waals surface area contributed by atoms with E-state index in [9.17, 15) is 0 Å². The number of nitrogens with zero attached hydrogens (tertiary/aromatic N) is 1. The van der Waals surface area contributed by atoms with Crippen LogP contribution >= 0.6 is 18.5 Å². The van der Waals surface area contributed by atoms with Crippen molar-refractivity contribution in [3.05, 3.63) is 158 Å². The molecule has 46 heavy (non-hydrogen) atoms. The molecule has 0 aliphatic heterocycles. The third kappa shape index (κ3) is 4.34. The van der Waals surface area contributed by atoms with Crippen molar-refractivity contribution < 1.29 is 8.98 Å². The lowest BCUT2D eigenvalue weighted by Gasteiger charge is -2.20. The van der Waals surface area contributed by atoms with Gasteiger partial charge in [-0.25, -0.2) is 0 Å². The van der Waals surface area contributed by atoms with Crippen LogP contribution < -0.4 is 15.9 Å². The van der Waals surface area contributed by atoms with Gasteiger partial charge in [0.05, 0.1) is 0 Å². The second kappa shape index (κ2) is 10.7. The second-order valence-corrected chi connectivity index (χ2v) is 15.4. The fourth-order valence-electron chi connectivity index (χ4n) is 6.52. The summed E-state index contributed by atoms with van der Waals surface area (Å²) in [6, 6.07) is 51.5. The summed E-state index contributed by atoms with van der Waals surface area (Å²) in [5.74, 6) is 0. The van der Waals surface area contributed by atoms with E-state index < -0.39 is 7.14 Å². The van der Waals surface area contributed by atoms with Crippen molar-refractivity contribution in [3.8, 4) is 22.3 Å². The van der Waals surface area contributed by atoms with Crippen LogP contribution in [-0.2, 0) is 4.57 Å². The SMILES string of the molecule is O=P(c1ccccc1)(c1ccccc1)c1cccc(-c2ccc3sc4ccc(-c5ccc6oc7cccnc7c6c5)cc4c3c2)c1. The minimum atomic E-state index is -3.08. The van der Waals surface area contributed by atoms with Crippen molar-refractivity contribution in [2.45, 2.75) is 0 Å². The Morgan fingerprint density at radius 1 is 0.478 bits per heavy atom. The van der Waals surface area contributed by atoms with Gasteiger partial charge >= 0.3 is 0 Å². The van der Waals surface area contributed by atoms with E-state index >= 15 is 4.57 Å². The lowest BCUT2D eigenvalue weighted by Crippen LogP contribution is -2.25. The Balaban J connectivity index is 1.16. The van der Waals surface area contributed by atoms with Gasteiger partial charge in [-0.2, -0.15) is 0 Å². The summed E-state index contributed by atoms with van der Waals surface area (Å²) in [5, 5.41) is 5.97. The number of hydrogen-bond acceptors (Lipinski definition) is 4. The Kier molecular flexibility index (Phi) is 6.28. The van der Waals surface area contributed by atoms with Gasteiger partial charge in [0.2, 0.25) is 0 Å². The molecule has 0 amide bonds.